The van der Waals surface area contributed by atoms with Crippen LogP contribution in [0.5, 0.6) is 5.75 Å². The van der Waals surface area contributed by atoms with E-state index in [0.717, 1.165) is 29.3 Å². The Kier molecular flexibility index (Phi) is 3.45. The average molecular weight is 302 g/mol. The number of nitrogens with zero attached hydrogens (tertiary/aromatic N) is 2. The van der Waals surface area contributed by atoms with Crippen molar-refractivity contribution in [2.45, 2.75) is 25.8 Å². The average Bonchev–Trinajstić information content (AvgIpc) is 2.96. The predicted molar refractivity (Wildman–Crippen MR) is 83.8 cm³/mol. The number of carbonyl (C=O) groups is 1. The van der Waals surface area contributed by atoms with E-state index in [4.69, 9.17) is 4.74 Å². The number of rotatable bonds is 3. The maximum Gasteiger partial charge on any atom is 0.273 e. The normalized spacial score (nSPS) is 16.4. The lowest BCUT2D eigenvalue weighted by Crippen LogP contribution is -2.58. The van der Waals surface area contributed by atoms with E-state index in [1.807, 2.05) is 34.5 Å². The van der Waals surface area contributed by atoms with Crippen molar-refractivity contribution in [3.05, 3.63) is 35.3 Å². The van der Waals surface area contributed by atoms with Crippen molar-refractivity contribution in [2.24, 2.45) is 0 Å². The van der Waals surface area contributed by atoms with Crippen molar-refractivity contribution in [3.8, 4) is 16.3 Å². The van der Waals surface area contributed by atoms with Crippen LogP contribution in [0.3, 0.4) is 0 Å². The van der Waals surface area contributed by atoms with E-state index in [0.29, 0.717) is 5.69 Å². The van der Waals surface area contributed by atoms with Crippen molar-refractivity contribution in [1.82, 2.24) is 9.88 Å². The van der Waals surface area contributed by atoms with Gasteiger partial charge in [0.1, 0.15) is 16.5 Å². The SMILES string of the molecule is COc1ccc(-c2nc(C(=O)N3CCC3(C)C)cs2)cc1. The molecular weight excluding hydrogens is 284 g/mol. The first kappa shape index (κ1) is 14.1. The standard InChI is InChI=1S/C16H18N2O2S/c1-16(2)8-9-18(16)15(19)13-10-21-14(17-13)11-4-6-12(20-3)7-5-11/h4-7,10H,8-9H2,1-3H3. The highest BCUT2D eigenvalue weighted by molar-refractivity contribution is 7.13. The molecule has 1 aromatic heterocycles. The summed E-state index contributed by atoms with van der Waals surface area (Å²) >= 11 is 1.50. The fourth-order valence-corrected chi connectivity index (χ4v) is 3.22. The molecule has 1 saturated heterocycles. The second-order valence-corrected chi connectivity index (χ2v) is 6.64. The van der Waals surface area contributed by atoms with Crippen LogP contribution >= 0.6 is 11.3 Å². The molecule has 110 valence electrons. The summed E-state index contributed by atoms with van der Waals surface area (Å²) < 4.78 is 5.15. The van der Waals surface area contributed by atoms with Gasteiger partial charge in [0.15, 0.2) is 0 Å². The molecule has 1 aliphatic rings. The topological polar surface area (TPSA) is 42.4 Å². The summed E-state index contributed by atoms with van der Waals surface area (Å²) in [7, 11) is 1.64. The number of aromatic nitrogens is 1. The number of methoxy groups -OCH3 is 1. The third kappa shape index (κ3) is 2.53. The van der Waals surface area contributed by atoms with Gasteiger partial charge in [-0.15, -0.1) is 11.3 Å². The zero-order valence-electron chi connectivity index (χ0n) is 12.4. The molecule has 21 heavy (non-hydrogen) atoms. The lowest BCUT2D eigenvalue weighted by atomic mass is 9.88. The van der Waals surface area contributed by atoms with E-state index < -0.39 is 0 Å². The van der Waals surface area contributed by atoms with Crippen molar-refractivity contribution in [2.75, 3.05) is 13.7 Å². The molecule has 0 spiro atoms. The number of amides is 1. The molecule has 0 saturated carbocycles. The van der Waals surface area contributed by atoms with Crippen LogP contribution in [0.4, 0.5) is 0 Å². The molecule has 3 rings (SSSR count). The van der Waals surface area contributed by atoms with E-state index in [1.54, 1.807) is 7.11 Å². The second-order valence-electron chi connectivity index (χ2n) is 5.79. The lowest BCUT2D eigenvalue weighted by molar-refractivity contribution is 0.0153. The molecule has 2 aromatic rings. The summed E-state index contributed by atoms with van der Waals surface area (Å²) in [4.78, 5) is 18.8. The molecule has 1 fully saturated rings. The Hall–Kier alpha value is -1.88. The number of hydrogen-bond acceptors (Lipinski definition) is 4. The van der Waals surface area contributed by atoms with Crippen LogP contribution in [0.15, 0.2) is 29.6 Å². The van der Waals surface area contributed by atoms with Crippen LogP contribution < -0.4 is 4.74 Å². The van der Waals surface area contributed by atoms with Gasteiger partial charge in [-0.1, -0.05) is 0 Å². The van der Waals surface area contributed by atoms with Gasteiger partial charge in [-0.25, -0.2) is 4.98 Å². The number of carbonyl (C=O) groups excluding carboxylic acids is 1. The van der Waals surface area contributed by atoms with Gasteiger partial charge in [0, 0.05) is 23.0 Å². The summed E-state index contributed by atoms with van der Waals surface area (Å²) in [6.07, 6.45) is 1.05. The molecular formula is C16H18N2O2S. The second kappa shape index (κ2) is 5.15. The fraction of sp³-hybridized carbons (Fsp3) is 0.375. The highest BCUT2D eigenvalue weighted by Crippen LogP contribution is 2.32. The lowest BCUT2D eigenvalue weighted by Gasteiger charge is -2.48. The van der Waals surface area contributed by atoms with Crippen LogP contribution in [0.1, 0.15) is 30.8 Å². The molecule has 0 radical (unpaired) electrons. The summed E-state index contributed by atoms with van der Waals surface area (Å²) in [6.45, 7) is 5.00. The molecule has 5 heteroatoms. The molecule has 0 unspecified atom stereocenters. The van der Waals surface area contributed by atoms with Crippen LogP contribution in [-0.2, 0) is 0 Å². The zero-order valence-corrected chi connectivity index (χ0v) is 13.2. The Balaban J connectivity index is 1.81. The van der Waals surface area contributed by atoms with Crippen LogP contribution in [0, 0.1) is 0 Å². The molecule has 0 N–H and O–H groups in total. The molecule has 4 nitrogen and oxygen atoms in total. The van der Waals surface area contributed by atoms with Gasteiger partial charge in [0.05, 0.1) is 7.11 Å². The summed E-state index contributed by atoms with van der Waals surface area (Å²) in [5.41, 5.74) is 1.50. The Morgan fingerprint density at radius 1 is 1.33 bits per heavy atom. The molecule has 1 aliphatic heterocycles. The maximum atomic E-state index is 12.4. The van der Waals surface area contributed by atoms with E-state index in [9.17, 15) is 4.79 Å². The first-order chi connectivity index (χ1) is 10.0. The molecule has 1 aromatic carbocycles. The van der Waals surface area contributed by atoms with Gasteiger partial charge in [0.25, 0.3) is 5.91 Å². The number of ether oxygens (including phenoxy) is 1. The highest BCUT2D eigenvalue weighted by atomic mass is 32.1. The molecule has 2 heterocycles. The minimum atomic E-state index is -0.0407. The predicted octanol–water partition coefficient (Wildman–Crippen LogP) is 3.44. The van der Waals surface area contributed by atoms with E-state index in [1.165, 1.54) is 11.3 Å². The largest absolute Gasteiger partial charge is 0.497 e. The summed E-state index contributed by atoms with van der Waals surface area (Å²) in [5.74, 6) is 0.844. The monoisotopic (exact) mass is 302 g/mol. The minimum absolute atomic E-state index is 0.0299. The summed E-state index contributed by atoms with van der Waals surface area (Å²) in [5, 5.41) is 2.70. The van der Waals surface area contributed by atoms with Crippen molar-refractivity contribution < 1.29 is 9.53 Å². The van der Waals surface area contributed by atoms with Crippen molar-refractivity contribution >= 4 is 17.2 Å². The maximum absolute atomic E-state index is 12.4. The van der Waals surface area contributed by atoms with Gasteiger partial charge in [-0.3, -0.25) is 4.79 Å². The van der Waals surface area contributed by atoms with Crippen LogP contribution in [0.25, 0.3) is 10.6 Å². The highest BCUT2D eigenvalue weighted by Gasteiger charge is 2.40. The van der Waals surface area contributed by atoms with E-state index in [-0.39, 0.29) is 11.4 Å². The van der Waals surface area contributed by atoms with Gasteiger partial charge in [0.2, 0.25) is 0 Å². The minimum Gasteiger partial charge on any atom is -0.497 e. The number of thiazole rings is 1. The Morgan fingerprint density at radius 2 is 2.05 bits per heavy atom. The van der Waals surface area contributed by atoms with Gasteiger partial charge in [-0.05, 0) is 44.5 Å². The van der Waals surface area contributed by atoms with Crippen molar-refractivity contribution in [1.29, 1.82) is 0 Å². The molecule has 0 bridgehead atoms. The molecule has 0 aliphatic carbocycles. The zero-order chi connectivity index (χ0) is 15.0. The fourth-order valence-electron chi connectivity index (χ4n) is 2.42. The molecule has 1 amide bonds. The number of hydrogen-bond donors (Lipinski definition) is 0. The van der Waals surface area contributed by atoms with Crippen molar-refractivity contribution in [3.63, 3.8) is 0 Å². The van der Waals surface area contributed by atoms with E-state index >= 15 is 0 Å². The summed E-state index contributed by atoms with van der Waals surface area (Å²) in [6, 6.07) is 7.71. The third-order valence-corrected chi connectivity index (χ3v) is 4.87. The van der Waals surface area contributed by atoms with Gasteiger partial charge in [-0.2, -0.15) is 0 Å². The van der Waals surface area contributed by atoms with Gasteiger partial charge < -0.3 is 9.64 Å². The number of benzene rings is 1. The van der Waals surface area contributed by atoms with Crippen LogP contribution in [0.2, 0.25) is 0 Å². The molecule has 0 atom stereocenters. The quantitative estimate of drug-likeness (QED) is 0.872. The first-order valence-electron chi connectivity index (χ1n) is 6.93. The smallest absolute Gasteiger partial charge is 0.273 e. The first-order valence-corrected chi connectivity index (χ1v) is 7.81. The third-order valence-electron chi connectivity index (χ3n) is 3.98. The van der Waals surface area contributed by atoms with Crippen LogP contribution in [-0.4, -0.2) is 35.0 Å². The Bertz CT molecular complexity index is 661. The van der Waals surface area contributed by atoms with Gasteiger partial charge >= 0.3 is 0 Å². The Morgan fingerprint density at radius 3 is 2.57 bits per heavy atom. The number of likely N-dealkylation sites (tertiary alicyclic amines) is 1. The Labute approximate surface area is 128 Å². The van der Waals surface area contributed by atoms with E-state index in [2.05, 4.69) is 18.8 Å².